The van der Waals surface area contributed by atoms with Crippen LogP contribution in [0.15, 0.2) is 6.08 Å². The quantitative estimate of drug-likeness (QED) is 0.0980. The first-order chi connectivity index (χ1) is 18.2. The maximum atomic E-state index is 13.0. The molecule has 0 fully saturated rings. The van der Waals surface area contributed by atoms with Crippen LogP contribution in [0.5, 0.6) is 5.88 Å². The molecule has 2 unspecified atom stereocenters. The van der Waals surface area contributed by atoms with Gasteiger partial charge in [0.05, 0.1) is 37.3 Å². The number of aromatic nitrogens is 2. The van der Waals surface area contributed by atoms with Crippen LogP contribution >= 0.6 is 11.7 Å². The Morgan fingerprint density at radius 2 is 1.55 bits per heavy atom. The van der Waals surface area contributed by atoms with Crippen LogP contribution < -0.4 is 4.74 Å². The Kier molecular flexibility index (Phi) is 14.9. The Hall–Kier alpha value is -1.47. The molecule has 0 radical (unpaired) electrons. The van der Waals surface area contributed by atoms with Crippen LogP contribution in [-0.4, -0.2) is 52.2 Å². The van der Waals surface area contributed by atoms with Crippen molar-refractivity contribution in [2.75, 3.05) is 26.7 Å². The minimum absolute atomic E-state index is 0.0604. The van der Waals surface area contributed by atoms with E-state index in [0.29, 0.717) is 23.4 Å². The molecule has 0 N–H and O–H groups in total. The first kappa shape index (κ1) is 32.7. The van der Waals surface area contributed by atoms with Gasteiger partial charge in [0.25, 0.3) is 5.88 Å². The first-order valence-corrected chi connectivity index (χ1v) is 16.1. The maximum Gasteiger partial charge on any atom is 0.310 e. The number of ether oxygens (including phenoxy) is 2. The van der Waals surface area contributed by atoms with Gasteiger partial charge >= 0.3 is 5.97 Å². The Balaban J connectivity index is 1.90. The lowest BCUT2D eigenvalue weighted by atomic mass is 9.89. The third-order valence-corrected chi connectivity index (χ3v) is 8.11. The van der Waals surface area contributed by atoms with Crippen molar-refractivity contribution in [2.24, 2.45) is 5.41 Å². The third-order valence-electron chi connectivity index (χ3n) is 7.60. The van der Waals surface area contributed by atoms with Gasteiger partial charge in [0.1, 0.15) is 12.2 Å². The number of hydrogen-bond acceptors (Lipinski definition) is 6. The molecule has 2 atom stereocenters. The maximum absolute atomic E-state index is 13.0. The highest BCUT2D eigenvalue weighted by molar-refractivity contribution is 6.99. The number of esters is 1. The summed E-state index contributed by atoms with van der Waals surface area (Å²) in [7, 11) is 2.22. The summed E-state index contributed by atoms with van der Waals surface area (Å²) in [6, 6.07) is 0. The highest BCUT2D eigenvalue weighted by Crippen LogP contribution is 2.37. The highest BCUT2D eigenvalue weighted by atomic mass is 32.1. The second kappa shape index (κ2) is 17.3. The Bertz CT molecular complexity index is 833. The minimum atomic E-state index is -0.220. The van der Waals surface area contributed by atoms with Crippen molar-refractivity contribution < 1.29 is 18.8 Å². The van der Waals surface area contributed by atoms with Gasteiger partial charge in [0.15, 0.2) is 0 Å². The summed E-state index contributed by atoms with van der Waals surface area (Å²) in [6.07, 6.45) is 19.3. The number of rotatable bonds is 19. The van der Waals surface area contributed by atoms with Crippen molar-refractivity contribution in [1.29, 1.82) is 0 Å². The van der Waals surface area contributed by atoms with Crippen molar-refractivity contribution in [3.05, 3.63) is 11.8 Å². The number of likely N-dealkylation sites (N-methyl/N-ethyl adjacent to an activating group) is 1. The number of hydrogen-bond donors (Lipinski definition) is 0. The van der Waals surface area contributed by atoms with Crippen LogP contribution in [0.2, 0.25) is 0 Å². The zero-order valence-electron chi connectivity index (χ0n) is 25.4. The van der Waals surface area contributed by atoms with Crippen LogP contribution in [-0.2, 0) is 9.53 Å². The Morgan fingerprint density at radius 1 is 0.947 bits per heavy atom. The van der Waals surface area contributed by atoms with Crippen LogP contribution in [0.4, 0.5) is 0 Å². The van der Waals surface area contributed by atoms with Crippen molar-refractivity contribution in [2.45, 2.75) is 137 Å². The monoisotopic (exact) mass is 550 g/mol. The second-order valence-electron chi connectivity index (χ2n) is 12.5. The fourth-order valence-electron chi connectivity index (χ4n) is 5.61. The van der Waals surface area contributed by atoms with Crippen LogP contribution in [0.3, 0.4) is 0 Å². The molecular formula is C31H56N3O3S+. The van der Waals surface area contributed by atoms with Gasteiger partial charge in [0.2, 0.25) is 6.23 Å². The van der Waals surface area contributed by atoms with Crippen LogP contribution in [0.25, 0.3) is 5.57 Å². The third kappa shape index (κ3) is 11.3. The Labute approximate surface area is 237 Å². The van der Waals surface area contributed by atoms with Gasteiger partial charge in [-0.1, -0.05) is 111 Å². The average Bonchev–Trinajstić information content (AvgIpc) is 3.34. The molecule has 1 aromatic rings. The number of carbonyl (C=O) groups is 1. The van der Waals surface area contributed by atoms with E-state index in [2.05, 4.69) is 56.5 Å². The summed E-state index contributed by atoms with van der Waals surface area (Å²) in [4.78, 5) is 13.0. The largest absolute Gasteiger partial charge is 0.475 e. The molecule has 0 spiro atoms. The molecule has 0 aromatic carbocycles. The van der Waals surface area contributed by atoms with E-state index in [-0.39, 0.29) is 17.6 Å². The van der Waals surface area contributed by atoms with Gasteiger partial charge in [0, 0.05) is 18.4 Å². The Morgan fingerprint density at radius 3 is 2.18 bits per heavy atom. The standard InChI is InChI=1S/C31H56N3O3S/c1-7-9-11-13-14-15-16-17-18-22-27(35)37-30(31(3,4)5)34(6)23-20-21-26(25-34)28-29(33-38-32-28)36-24-19-12-10-8-2/h21,30H,7-20,22-25H2,1-6H3/q+1. The van der Waals surface area contributed by atoms with E-state index in [9.17, 15) is 4.79 Å². The molecule has 1 aliphatic rings. The summed E-state index contributed by atoms with van der Waals surface area (Å²) in [6.45, 7) is 13.4. The van der Waals surface area contributed by atoms with Crippen LogP contribution in [0.1, 0.15) is 137 Å². The predicted octanol–water partition coefficient (Wildman–Crippen LogP) is 8.57. The lowest BCUT2D eigenvalue weighted by Crippen LogP contribution is -2.61. The molecule has 1 aromatic heterocycles. The van der Waals surface area contributed by atoms with Crippen molar-refractivity contribution >= 4 is 23.3 Å². The molecular weight excluding hydrogens is 494 g/mol. The zero-order valence-corrected chi connectivity index (χ0v) is 26.2. The smallest absolute Gasteiger partial charge is 0.310 e. The SMILES string of the molecule is CCCCCCCCCCCC(=O)OC(C(C)(C)C)[N+]1(C)CCC=C(c2nsnc2OCCCCCC)C1. The van der Waals surface area contributed by atoms with Crippen molar-refractivity contribution in [1.82, 2.24) is 8.75 Å². The molecule has 2 rings (SSSR count). The lowest BCUT2D eigenvalue weighted by Gasteiger charge is -2.47. The molecule has 0 saturated heterocycles. The van der Waals surface area contributed by atoms with Crippen molar-refractivity contribution in [3.8, 4) is 5.88 Å². The topological polar surface area (TPSA) is 61.3 Å². The van der Waals surface area contributed by atoms with Gasteiger partial charge < -0.3 is 9.47 Å². The molecule has 6 nitrogen and oxygen atoms in total. The van der Waals surface area contributed by atoms with Crippen LogP contribution in [0, 0.1) is 5.41 Å². The van der Waals surface area contributed by atoms with E-state index in [1.807, 2.05) is 0 Å². The fourth-order valence-corrected chi connectivity index (χ4v) is 6.14. The van der Waals surface area contributed by atoms with Gasteiger partial charge in [-0.3, -0.25) is 9.28 Å². The van der Waals surface area contributed by atoms with Gasteiger partial charge in [-0.05, 0) is 12.8 Å². The number of nitrogens with zero attached hydrogens (tertiary/aromatic N) is 3. The fraction of sp³-hybridized carbons (Fsp3) is 0.839. The van der Waals surface area contributed by atoms with Gasteiger partial charge in [-0.15, -0.1) is 4.37 Å². The predicted molar refractivity (Wildman–Crippen MR) is 159 cm³/mol. The van der Waals surface area contributed by atoms with E-state index < -0.39 is 0 Å². The molecule has 7 heteroatoms. The summed E-state index contributed by atoms with van der Waals surface area (Å²) in [5, 5.41) is 0. The molecule has 0 bridgehead atoms. The van der Waals surface area contributed by atoms with E-state index in [4.69, 9.17) is 9.47 Å². The first-order valence-electron chi connectivity index (χ1n) is 15.4. The second-order valence-corrected chi connectivity index (χ2v) is 13.0. The number of unbranched alkanes of at least 4 members (excludes halogenated alkanes) is 11. The normalized spacial score (nSPS) is 18.7. The number of carbonyl (C=O) groups excluding carboxylic acids is 1. The average molecular weight is 551 g/mol. The van der Waals surface area contributed by atoms with Crippen molar-refractivity contribution in [3.63, 3.8) is 0 Å². The molecule has 1 aliphatic heterocycles. The summed E-state index contributed by atoms with van der Waals surface area (Å²) < 4.78 is 22.0. The van der Waals surface area contributed by atoms with Gasteiger partial charge in [-0.2, -0.15) is 4.37 Å². The molecule has 218 valence electrons. The molecule has 0 saturated carbocycles. The summed E-state index contributed by atoms with van der Waals surface area (Å²) >= 11 is 1.21. The highest BCUT2D eigenvalue weighted by Gasteiger charge is 2.46. The van der Waals surface area contributed by atoms with E-state index >= 15 is 0 Å². The van der Waals surface area contributed by atoms with E-state index in [1.54, 1.807) is 0 Å². The lowest BCUT2D eigenvalue weighted by molar-refractivity contribution is -0.954. The molecule has 2 heterocycles. The van der Waals surface area contributed by atoms with Gasteiger partial charge in [-0.25, -0.2) is 0 Å². The molecule has 0 amide bonds. The minimum Gasteiger partial charge on any atom is -0.475 e. The molecule has 38 heavy (non-hydrogen) atoms. The summed E-state index contributed by atoms with van der Waals surface area (Å²) in [5.74, 6) is 0.593. The summed E-state index contributed by atoms with van der Waals surface area (Å²) in [5.41, 5.74) is 1.84. The zero-order chi connectivity index (χ0) is 27.9. The molecule has 0 aliphatic carbocycles. The van der Waals surface area contributed by atoms with E-state index in [1.165, 1.54) is 75.9 Å². The van der Waals surface area contributed by atoms with E-state index in [0.717, 1.165) is 50.0 Å². The number of quaternary nitrogens is 1.